The van der Waals surface area contributed by atoms with Crippen molar-refractivity contribution in [3.8, 4) is 11.3 Å². The SMILES string of the molecule is Cc1cc(C(C)Nc2ccccc2C(=O)OC(C)(C)C)c2oc(-c3ccc4c(C)n[nH]c4c3)cc(=O)c2c1. The molecule has 0 amide bonds. The zero-order valence-corrected chi connectivity index (χ0v) is 22.4. The molecule has 0 saturated carbocycles. The Balaban J connectivity index is 1.57. The molecule has 0 fully saturated rings. The zero-order valence-electron chi connectivity index (χ0n) is 22.4. The highest BCUT2D eigenvalue weighted by Crippen LogP contribution is 2.32. The fraction of sp³-hybridized carbons (Fsp3) is 0.258. The number of H-pyrrole nitrogens is 1. The number of rotatable bonds is 5. The van der Waals surface area contributed by atoms with E-state index < -0.39 is 11.6 Å². The summed E-state index contributed by atoms with van der Waals surface area (Å²) in [5, 5.41) is 12.3. The van der Waals surface area contributed by atoms with E-state index in [9.17, 15) is 9.59 Å². The monoisotopic (exact) mass is 509 g/mol. The first kappa shape index (κ1) is 25.3. The number of hydrogen-bond donors (Lipinski definition) is 2. The maximum atomic E-state index is 13.2. The molecule has 194 valence electrons. The van der Waals surface area contributed by atoms with Gasteiger partial charge in [-0.1, -0.05) is 30.3 Å². The third-order valence-electron chi connectivity index (χ3n) is 6.42. The highest BCUT2D eigenvalue weighted by molar-refractivity contribution is 5.96. The van der Waals surface area contributed by atoms with E-state index in [1.165, 1.54) is 6.07 Å². The Labute approximate surface area is 220 Å². The molecule has 0 spiro atoms. The summed E-state index contributed by atoms with van der Waals surface area (Å²) in [6, 6.07) is 18.2. The van der Waals surface area contributed by atoms with Crippen molar-refractivity contribution in [2.75, 3.05) is 5.32 Å². The highest BCUT2D eigenvalue weighted by Gasteiger charge is 2.22. The first-order valence-electron chi connectivity index (χ1n) is 12.6. The molecule has 38 heavy (non-hydrogen) atoms. The molecule has 7 nitrogen and oxygen atoms in total. The van der Waals surface area contributed by atoms with Crippen molar-refractivity contribution in [1.82, 2.24) is 10.2 Å². The summed E-state index contributed by atoms with van der Waals surface area (Å²) in [6.45, 7) is 11.4. The van der Waals surface area contributed by atoms with Crippen LogP contribution in [0.2, 0.25) is 0 Å². The summed E-state index contributed by atoms with van der Waals surface area (Å²) < 4.78 is 12.0. The molecule has 0 aliphatic heterocycles. The predicted octanol–water partition coefficient (Wildman–Crippen LogP) is 7.08. The van der Waals surface area contributed by atoms with Gasteiger partial charge in [-0.05, 0) is 71.4 Å². The second-order valence-electron chi connectivity index (χ2n) is 10.7. The fourth-order valence-electron chi connectivity index (χ4n) is 4.64. The molecular weight excluding hydrogens is 478 g/mol. The molecule has 5 rings (SSSR count). The second kappa shape index (κ2) is 9.49. The number of hydrogen-bond acceptors (Lipinski definition) is 6. The minimum Gasteiger partial charge on any atom is -0.456 e. The van der Waals surface area contributed by atoms with Gasteiger partial charge in [0.05, 0.1) is 28.2 Å². The molecule has 2 aromatic heterocycles. The second-order valence-corrected chi connectivity index (χ2v) is 10.7. The van der Waals surface area contributed by atoms with Crippen LogP contribution in [0.4, 0.5) is 5.69 Å². The number of ether oxygens (including phenoxy) is 1. The number of carbonyl (C=O) groups is 1. The minimum atomic E-state index is -0.611. The zero-order chi connectivity index (χ0) is 27.2. The molecule has 2 heterocycles. The Morgan fingerprint density at radius 3 is 2.55 bits per heavy atom. The quantitative estimate of drug-likeness (QED) is 0.246. The van der Waals surface area contributed by atoms with Crippen LogP contribution in [0.3, 0.4) is 0 Å². The van der Waals surface area contributed by atoms with Crippen molar-refractivity contribution < 1.29 is 13.9 Å². The molecule has 0 radical (unpaired) electrons. The van der Waals surface area contributed by atoms with E-state index in [1.54, 1.807) is 12.1 Å². The molecule has 2 N–H and O–H groups in total. The average molecular weight is 510 g/mol. The van der Waals surface area contributed by atoms with Gasteiger partial charge < -0.3 is 14.5 Å². The number of nitrogens with one attached hydrogen (secondary N) is 2. The number of carbonyl (C=O) groups excluding carboxylic acids is 1. The average Bonchev–Trinajstić information content (AvgIpc) is 3.23. The van der Waals surface area contributed by atoms with Gasteiger partial charge in [0.15, 0.2) is 5.43 Å². The van der Waals surface area contributed by atoms with Crippen LogP contribution >= 0.6 is 0 Å². The van der Waals surface area contributed by atoms with Crippen molar-refractivity contribution in [3.05, 3.63) is 93.3 Å². The van der Waals surface area contributed by atoms with E-state index in [1.807, 2.05) is 84.0 Å². The molecule has 1 unspecified atom stereocenters. The Morgan fingerprint density at radius 2 is 1.79 bits per heavy atom. The van der Waals surface area contributed by atoms with Gasteiger partial charge in [-0.15, -0.1) is 0 Å². The smallest absolute Gasteiger partial charge is 0.340 e. The van der Waals surface area contributed by atoms with Crippen LogP contribution in [0.25, 0.3) is 33.2 Å². The normalized spacial score (nSPS) is 12.6. The van der Waals surface area contributed by atoms with Crippen LogP contribution in [0.1, 0.15) is 60.9 Å². The summed E-state index contributed by atoms with van der Waals surface area (Å²) in [4.78, 5) is 26.1. The minimum absolute atomic E-state index is 0.117. The number of para-hydroxylation sites is 1. The number of aromatic amines is 1. The van der Waals surface area contributed by atoms with E-state index in [0.717, 1.165) is 33.3 Å². The molecule has 0 aliphatic rings. The number of esters is 1. The number of benzene rings is 3. The van der Waals surface area contributed by atoms with Crippen LogP contribution in [-0.4, -0.2) is 21.8 Å². The van der Waals surface area contributed by atoms with Crippen molar-refractivity contribution >= 4 is 33.5 Å². The van der Waals surface area contributed by atoms with Crippen LogP contribution in [0.5, 0.6) is 0 Å². The topological polar surface area (TPSA) is 97.2 Å². The van der Waals surface area contributed by atoms with E-state index >= 15 is 0 Å². The molecule has 1 atom stereocenters. The number of aromatic nitrogens is 2. The summed E-state index contributed by atoms with van der Waals surface area (Å²) >= 11 is 0. The van der Waals surface area contributed by atoms with E-state index in [-0.39, 0.29) is 11.5 Å². The summed E-state index contributed by atoms with van der Waals surface area (Å²) in [5.74, 6) is 0.0725. The van der Waals surface area contributed by atoms with Crippen molar-refractivity contribution in [3.63, 3.8) is 0 Å². The van der Waals surface area contributed by atoms with E-state index in [4.69, 9.17) is 9.15 Å². The Kier molecular flexibility index (Phi) is 6.31. The van der Waals surface area contributed by atoms with Gasteiger partial charge in [0.2, 0.25) is 0 Å². The van der Waals surface area contributed by atoms with Crippen LogP contribution in [-0.2, 0) is 4.74 Å². The molecule has 0 bridgehead atoms. The third-order valence-corrected chi connectivity index (χ3v) is 6.42. The van der Waals surface area contributed by atoms with Gasteiger partial charge in [-0.2, -0.15) is 5.10 Å². The lowest BCUT2D eigenvalue weighted by molar-refractivity contribution is 0.00706. The maximum absolute atomic E-state index is 13.2. The summed E-state index contributed by atoms with van der Waals surface area (Å²) in [7, 11) is 0. The molecule has 0 saturated heterocycles. The first-order chi connectivity index (χ1) is 18.0. The molecule has 3 aromatic carbocycles. The first-order valence-corrected chi connectivity index (χ1v) is 12.6. The lowest BCUT2D eigenvalue weighted by Crippen LogP contribution is -2.24. The fourth-order valence-corrected chi connectivity index (χ4v) is 4.64. The van der Waals surface area contributed by atoms with Gasteiger partial charge in [-0.25, -0.2) is 4.79 Å². The van der Waals surface area contributed by atoms with Crippen molar-refractivity contribution in [2.45, 2.75) is 53.2 Å². The predicted molar refractivity (Wildman–Crippen MR) is 151 cm³/mol. The third kappa shape index (κ3) is 4.92. The van der Waals surface area contributed by atoms with E-state index in [0.29, 0.717) is 28.0 Å². The molecular formula is C31H31N3O4. The van der Waals surface area contributed by atoms with Crippen LogP contribution < -0.4 is 10.7 Å². The Bertz CT molecular complexity index is 1740. The largest absolute Gasteiger partial charge is 0.456 e. The van der Waals surface area contributed by atoms with Crippen LogP contribution in [0.15, 0.2) is 69.9 Å². The number of aryl methyl sites for hydroxylation is 2. The molecule has 7 heteroatoms. The highest BCUT2D eigenvalue weighted by atomic mass is 16.6. The standard InChI is InChI=1S/C31H31N3O4/c1-17-13-23(18(2)32-25-10-8-7-9-22(25)30(36)38-31(4,5)6)29-24(14-17)27(35)16-28(37-29)20-11-12-21-19(3)33-34-26(21)15-20/h7-16,18,32H,1-6H3,(H,33,34). The lowest BCUT2D eigenvalue weighted by atomic mass is 10.00. The van der Waals surface area contributed by atoms with E-state index in [2.05, 4.69) is 15.5 Å². The molecule has 0 aliphatic carbocycles. The van der Waals surface area contributed by atoms with Gasteiger partial charge in [0.1, 0.15) is 16.9 Å². The van der Waals surface area contributed by atoms with Gasteiger partial charge in [-0.3, -0.25) is 9.89 Å². The number of nitrogens with zero attached hydrogens (tertiary/aromatic N) is 1. The van der Waals surface area contributed by atoms with Crippen molar-refractivity contribution in [1.29, 1.82) is 0 Å². The Hall–Kier alpha value is -4.39. The summed E-state index contributed by atoms with van der Waals surface area (Å²) in [6.07, 6.45) is 0. The van der Waals surface area contributed by atoms with Gasteiger partial charge in [0.25, 0.3) is 0 Å². The van der Waals surface area contributed by atoms with Crippen molar-refractivity contribution in [2.24, 2.45) is 0 Å². The van der Waals surface area contributed by atoms with Crippen LogP contribution in [0, 0.1) is 13.8 Å². The molecule has 5 aromatic rings. The van der Waals surface area contributed by atoms with Gasteiger partial charge in [0, 0.05) is 28.3 Å². The maximum Gasteiger partial charge on any atom is 0.340 e. The van der Waals surface area contributed by atoms with Gasteiger partial charge >= 0.3 is 5.97 Å². The Morgan fingerprint density at radius 1 is 1.03 bits per heavy atom. The number of fused-ring (bicyclic) bond motifs is 2. The number of anilines is 1. The summed E-state index contributed by atoms with van der Waals surface area (Å²) in [5.41, 5.74) is 5.19. The lowest BCUT2D eigenvalue weighted by Gasteiger charge is -2.22.